The molecule has 0 saturated carbocycles. The summed E-state index contributed by atoms with van der Waals surface area (Å²) in [5, 5.41) is 14.4. The standard InChI is InChI=1S/C28H28GeNO.C13H24O2.Ir/c1-28(2,3)23-17-19(16-18-10-7-8-11-20(18)23)25-27-22(14-15-30-25)21-12-9-13-24(26(21)31-27)29(4,5)6;1-5-10(6-2)12(14)9-13(15)11(7-3)8-4;/h7-15,17H,1-6H3;9-11,14H,5-8H2,1-4H3;/q-1;;/b;12-9-;. The number of furan rings is 1. The fraction of sp³-hybridized carbons (Fsp3) is 0.415. The van der Waals surface area contributed by atoms with Crippen molar-refractivity contribution in [3.05, 3.63) is 84.3 Å². The van der Waals surface area contributed by atoms with E-state index in [4.69, 9.17) is 9.40 Å². The zero-order chi connectivity index (χ0) is 33.8. The van der Waals surface area contributed by atoms with Crippen LogP contribution in [0.4, 0.5) is 0 Å². The number of hydrogen-bond acceptors (Lipinski definition) is 4. The molecule has 0 unspecified atom stereocenters. The van der Waals surface area contributed by atoms with E-state index in [9.17, 15) is 9.90 Å². The van der Waals surface area contributed by atoms with Crippen LogP contribution in [0.3, 0.4) is 0 Å². The Morgan fingerprint density at radius 1 is 0.872 bits per heavy atom. The van der Waals surface area contributed by atoms with Gasteiger partial charge in [0.05, 0.1) is 5.76 Å². The Hall–Kier alpha value is -2.73. The summed E-state index contributed by atoms with van der Waals surface area (Å²) in [6.07, 6.45) is 6.81. The van der Waals surface area contributed by atoms with E-state index in [2.05, 4.69) is 98.7 Å². The minimum Gasteiger partial charge on any atom is -0.512 e. The van der Waals surface area contributed by atoms with Crippen LogP contribution in [0.15, 0.2) is 77.0 Å². The van der Waals surface area contributed by atoms with Crippen LogP contribution < -0.4 is 4.40 Å². The third kappa shape index (κ3) is 8.66. The molecule has 3 aromatic carbocycles. The Bertz CT molecular complexity index is 1850. The fourth-order valence-electron chi connectivity index (χ4n) is 6.26. The molecule has 0 aliphatic carbocycles. The minimum atomic E-state index is -2.09. The number of rotatable bonds is 9. The van der Waals surface area contributed by atoms with Crippen LogP contribution in [0.2, 0.25) is 17.3 Å². The van der Waals surface area contributed by atoms with E-state index in [1.807, 2.05) is 33.9 Å². The Balaban J connectivity index is 0.000000322. The van der Waals surface area contributed by atoms with Gasteiger partial charge in [-0.05, 0) is 25.7 Å². The molecule has 6 heteroatoms. The monoisotopic (exact) mass is 873 g/mol. The van der Waals surface area contributed by atoms with Crippen molar-refractivity contribution in [2.45, 2.75) is 96.8 Å². The number of carbonyl (C=O) groups excluding carboxylic acids is 1. The van der Waals surface area contributed by atoms with Gasteiger partial charge in [0.15, 0.2) is 5.78 Å². The van der Waals surface area contributed by atoms with E-state index in [0.717, 1.165) is 58.9 Å². The number of benzene rings is 3. The van der Waals surface area contributed by atoms with E-state index >= 15 is 0 Å². The maximum atomic E-state index is 11.7. The van der Waals surface area contributed by atoms with Crippen LogP contribution in [-0.2, 0) is 30.3 Å². The summed E-state index contributed by atoms with van der Waals surface area (Å²) in [7, 11) is 0. The van der Waals surface area contributed by atoms with Crippen molar-refractivity contribution in [2.24, 2.45) is 11.8 Å². The molecule has 253 valence electrons. The number of aliphatic hydroxyl groups excluding tert-OH is 1. The zero-order valence-electron chi connectivity index (χ0n) is 29.9. The molecule has 1 N–H and O–H groups in total. The number of allylic oxidation sites excluding steroid dienone is 2. The van der Waals surface area contributed by atoms with E-state index < -0.39 is 13.3 Å². The van der Waals surface area contributed by atoms with Gasteiger partial charge < -0.3 is 5.11 Å². The summed E-state index contributed by atoms with van der Waals surface area (Å²) >= 11 is -2.09. The normalized spacial score (nSPS) is 12.5. The van der Waals surface area contributed by atoms with Crippen molar-refractivity contribution in [2.75, 3.05) is 0 Å². The SMILES string of the molecule is CC(C)(C)c1cc(-c2nccc3c2oc2[c]([Ge]([CH3])([CH3])[CH3])cccc23)[c-]c2ccccc12.CCC(CC)C(=O)/C=C(\O)C(CC)CC.[Ir]. The number of nitrogens with zero attached hydrogens (tertiary/aromatic N) is 1. The van der Waals surface area contributed by atoms with Gasteiger partial charge in [0.1, 0.15) is 0 Å². The molecule has 2 aromatic heterocycles. The fourth-order valence-corrected chi connectivity index (χ4v) is 9.33. The molecule has 5 rings (SSSR count). The second-order valence-corrected chi connectivity index (χ2v) is 25.0. The maximum absolute atomic E-state index is 11.7. The first-order valence-corrected chi connectivity index (χ1v) is 24.3. The molecule has 0 aliphatic rings. The number of aromatic nitrogens is 1. The van der Waals surface area contributed by atoms with Crippen molar-refractivity contribution in [1.29, 1.82) is 0 Å². The van der Waals surface area contributed by atoms with E-state index in [0.29, 0.717) is 0 Å². The molecule has 1 radical (unpaired) electrons. The van der Waals surface area contributed by atoms with Crippen molar-refractivity contribution in [3.8, 4) is 11.3 Å². The van der Waals surface area contributed by atoms with Gasteiger partial charge in [-0.25, -0.2) is 0 Å². The summed E-state index contributed by atoms with van der Waals surface area (Å²) in [5.74, 6) is 7.78. The molecular weight excluding hydrogens is 819 g/mol. The van der Waals surface area contributed by atoms with Crippen LogP contribution in [0, 0.1) is 17.9 Å². The first-order chi connectivity index (χ1) is 21.7. The molecule has 5 aromatic rings. The van der Waals surface area contributed by atoms with Crippen molar-refractivity contribution < 1.29 is 34.4 Å². The third-order valence-electron chi connectivity index (χ3n) is 9.14. The van der Waals surface area contributed by atoms with Gasteiger partial charge in [-0.15, -0.1) is 0 Å². The molecule has 0 atom stereocenters. The van der Waals surface area contributed by atoms with Gasteiger partial charge >= 0.3 is 187 Å². The van der Waals surface area contributed by atoms with Crippen molar-refractivity contribution in [3.63, 3.8) is 0 Å². The molecule has 0 bridgehead atoms. The second-order valence-electron chi connectivity index (χ2n) is 14.5. The molecule has 4 nitrogen and oxygen atoms in total. The summed E-state index contributed by atoms with van der Waals surface area (Å²) in [6, 6.07) is 23.0. The van der Waals surface area contributed by atoms with Gasteiger partial charge in [-0.2, -0.15) is 0 Å². The molecule has 0 amide bonds. The average Bonchev–Trinajstić information content (AvgIpc) is 3.40. The minimum absolute atomic E-state index is 0. The van der Waals surface area contributed by atoms with Crippen LogP contribution in [0.25, 0.3) is 44.0 Å². The first kappa shape index (κ1) is 38.7. The molecular formula is C41H52GeIrNO3-. The summed E-state index contributed by atoms with van der Waals surface area (Å²) in [6.45, 7) is 14.8. The number of fused-ring (bicyclic) bond motifs is 4. The quantitative estimate of drug-likeness (QED) is 0.0694. The van der Waals surface area contributed by atoms with Crippen LogP contribution in [-0.4, -0.2) is 29.1 Å². The van der Waals surface area contributed by atoms with E-state index in [-0.39, 0.29) is 48.9 Å². The smallest absolute Gasteiger partial charge is 0.162 e. The van der Waals surface area contributed by atoms with E-state index in [1.54, 1.807) is 0 Å². The predicted molar refractivity (Wildman–Crippen MR) is 199 cm³/mol. The molecule has 0 saturated heterocycles. The van der Waals surface area contributed by atoms with Gasteiger partial charge in [-0.1, -0.05) is 27.7 Å². The number of para-hydroxylation sites is 1. The summed E-state index contributed by atoms with van der Waals surface area (Å²) in [5.41, 5.74) is 5.08. The Morgan fingerprint density at radius 2 is 1.47 bits per heavy atom. The maximum Gasteiger partial charge on any atom is 0.162 e. The largest absolute Gasteiger partial charge is 0.512 e. The number of hydrogen-bond donors (Lipinski definition) is 1. The van der Waals surface area contributed by atoms with Crippen molar-refractivity contribution in [1.82, 2.24) is 4.98 Å². The van der Waals surface area contributed by atoms with Crippen LogP contribution in [0.5, 0.6) is 0 Å². The van der Waals surface area contributed by atoms with E-state index in [1.165, 1.54) is 26.8 Å². The number of ketones is 1. The summed E-state index contributed by atoms with van der Waals surface area (Å²) in [4.78, 5) is 16.5. The van der Waals surface area contributed by atoms with Gasteiger partial charge in [0.25, 0.3) is 0 Å². The molecule has 0 spiro atoms. The van der Waals surface area contributed by atoms with Gasteiger partial charge in [0.2, 0.25) is 0 Å². The van der Waals surface area contributed by atoms with Crippen molar-refractivity contribution >= 4 is 56.2 Å². The predicted octanol–water partition coefficient (Wildman–Crippen LogP) is 11.3. The Kier molecular flexibility index (Phi) is 13.3. The molecule has 2 heterocycles. The molecule has 0 fully saturated rings. The Morgan fingerprint density at radius 3 is 2.06 bits per heavy atom. The zero-order valence-corrected chi connectivity index (χ0v) is 34.4. The third-order valence-corrected chi connectivity index (χ3v) is 13.4. The summed E-state index contributed by atoms with van der Waals surface area (Å²) < 4.78 is 8.00. The second kappa shape index (κ2) is 16.1. The first-order valence-electron chi connectivity index (χ1n) is 17.0. The van der Waals surface area contributed by atoms with Gasteiger partial charge in [0, 0.05) is 38.0 Å². The van der Waals surface area contributed by atoms with Crippen LogP contribution in [0.1, 0.15) is 79.7 Å². The Labute approximate surface area is 298 Å². The van der Waals surface area contributed by atoms with Crippen LogP contribution >= 0.6 is 0 Å². The number of carbonyl (C=O) groups is 1. The van der Waals surface area contributed by atoms with Gasteiger partial charge in [-0.3, -0.25) is 4.79 Å². The number of pyridine rings is 1. The topological polar surface area (TPSA) is 63.3 Å². The average molecular weight is 872 g/mol. The molecule has 47 heavy (non-hydrogen) atoms. The number of aliphatic hydroxyl groups is 1. The molecule has 0 aliphatic heterocycles.